The van der Waals surface area contributed by atoms with Gasteiger partial charge < -0.3 is 10.6 Å². The number of hydrogen-bond donors (Lipinski definition) is 4. The molecule has 3 atom stereocenters. The molecule has 1 aliphatic heterocycles. The fraction of sp³-hybridized carbons (Fsp3) is 0.312. The highest BCUT2D eigenvalue weighted by molar-refractivity contribution is 9.11. The normalized spacial score (nSPS) is 22.6. The first kappa shape index (κ1) is 18.0. The maximum atomic E-state index is 12.1. The van der Waals surface area contributed by atoms with Gasteiger partial charge in [0, 0.05) is 18.3 Å². The van der Waals surface area contributed by atoms with Crippen LogP contribution in [0.1, 0.15) is 28.2 Å². The lowest BCUT2D eigenvalue weighted by Gasteiger charge is -2.19. The number of halogens is 1. The van der Waals surface area contributed by atoms with Gasteiger partial charge in [0.15, 0.2) is 0 Å². The third kappa shape index (κ3) is 4.43. The minimum Gasteiger partial charge on any atom is -0.342 e. The summed E-state index contributed by atoms with van der Waals surface area (Å²) in [7, 11) is 0. The topological polar surface area (TPSA) is 95.2 Å². The zero-order valence-electron chi connectivity index (χ0n) is 13.5. The molecule has 7 nitrogen and oxygen atoms in total. The number of nitrogens with zero attached hydrogens (tertiary/aromatic N) is 1. The number of carbonyl (C=O) groups excluding carboxylic acids is 2. The van der Waals surface area contributed by atoms with E-state index in [0.29, 0.717) is 4.88 Å². The van der Waals surface area contributed by atoms with E-state index in [1.54, 1.807) is 24.5 Å². The molecule has 3 rings (SSSR count). The van der Waals surface area contributed by atoms with Gasteiger partial charge in [0.2, 0.25) is 5.91 Å². The van der Waals surface area contributed by atoms with Crippen molar-refractivity contribution in [2.24, 2.45) is 5.92 Å². The summed E-state index contributed by atoms with van der Waals surface area (Å²) in [5, 5.41) is 5.52. The predicted molar refractivity (Wildman–Crippen MR) is 98.7 cm³/mol. The van der Waals surface area contributed by atoms with E-state index in [2.05, 4.69) is 42.4 Å². The Balaban J connectivity index is 1.49. The van der Waals surface area contributed by atoms with Crippen LogP contribution in [0.15, 0.2) is 40.4 Å². The van der Waals surface area contributed by atoms with E-state index >= 15 is 0 Å². The molecular weight excluding hydrogens is 406 g/mol. The van der Waals surface area contributed by atoms with Crippen molar-refractivity contribution in [3.8, 4) is 0 Å². The van der Waals surface area contributed by atoms with E-state index < -0.39 is 0 Å². The Labute approximate surface area is 157 Å². The number of amides is 2. The summed E-state index contributed by atoms with van der Waals surface area (Å²) in [5.74, 6) is -0.369. The molecule has 1 fully saturated rings. The summed E-state index contributed by atoms with van der Waals surface area (Å²) in [6.45, 7) is 1.98. The lowest BCUT2D eigenvalue weighted by atomic mass is 9.95. The molecule has 9 heteroatoms. The molecule has 1 aliphatic rings. The quantitative estimate of drug-likeness (QED) is 0.585. The number of aromatic nitrogens is 1. The lowest BCUT2D eigenvalue weighted by molar-refractivity contribution is -0.121. The second-order valence-electron chi connectivity index (χ2n) is 5.74. The molecule has 1 saturated heterocycles. The molecular formula is C16H18BrN5O2S. The highest BCUT2D eigenvalue weighted by Crippen LogP contribution is 2.26. The molecule has 0 bridgehead atoms. The molecule has 0 saturated carbocycles. The van der Waals surface area contributed by atoms with Crippen molar-refractivity contribution in [2.75, 3.05) is 6.54 Å². The fourth-order valence-electron chi connectivity index (χ4n) is 2.67. The first-order chi connectivity index (χ1) is 12.0. The van der Waals surface area contributed by atoms with Crippen molar-refractivity contribution in [1.82, 2.24) is 26.5 Å². The van der Waals surface area contributed by atoms with Gasteiger partial charge in [-0.2, -0.15) is 0 Å². The molecule has 2 aromatic rings. The minimum absolute atomic E-state index is 0.0703. The van der Waals surface area contributed by atoms with Gasteiger partial charge in [0.25, 0.3) is 5.91 Å². The van der Waals surface area contributed by atoms with Crippen molar-refractivity contribution in [3.63, 3.8) is 0 Å². The van der Waals surface area contributed by atoms with E-state index in [1.165, 1.54) is 11.3 Å². The Bertz CT molecular complexity index is 754. The van der Waals surface area contributed by atoms with Gasteiger partial charge in [-0.15, -0.1) is 11.3 Å². The van der Waals surface area contributed by atoms with Crippen LogP contribution in [0.3, 0.4) is 0 Å². The molecule has 0 aliphatic carbocycles. The van der Waals surface area contributed by atoms with Crippen molar-refractivity contribution in [1.29, 1.82) is 0 Å². The Hall–Kier alpha value is -1.81. The van der Waals surface area contributed by atoms with Crippen molar-refractivity contribution in [3.05, 3.63) is 50.9 Å². The van der Waals surface area contributed by atoms with Crippen LogP contribution in [-0.2, 0) is 4.79 Å². The van der Waals surface area contributed by atoms with E-state index in [1.807, 2.05) is 19.1 Å². The Morgan fingerprint density at radius 2 is 2.00 bits per heavy atom. The monoisotopic (exact) mass is 423 g/mol. The second-order valence-corrected chi connectivity index (χ2v) is 8.20. The molecule has 0 radical (unpaired) electrons. The summed E-state index contributed by atoms with van der Waals surface area (Å²) in [6.07, 6.45) is 3.26. The number of hydrazine groups is 1. The molecule has 3 heterocycles. The number of pyridine rings is 1. The smallest absolute Gasteiger partial charge is 0.261 e. The maximum Gasteiger partial charge on any atom is 0.261 e. The van der Waals surface area contributed by atoms with Gasteiger partial charge in [0.1, 0.15) is 0 Å². The van der Waals surface area contributed by atoms with Gasteiger partial charge in [-0.05, 0) is 45.8 Å². The average molecular weight is 424 g/mol. The maximum absolute atomic E-state index is 12.1. The Morgan fingerprint density at radius 1 is 1.24 bits per heavy atom. The second kappa shape index (κ2) is 8.05. The molecule has 3 unspecified atom stereocenters. The molecule has 0 aromatic carbocycles. The predicted octanol–water partition coefficient (Wildman–Crippen LogP) is 1.56. The van der Waals surface area contributed by atoms with E-state index in [9.17, 15) is 9.59 Å². The standard InChI is InChI=1S/C16H18BrN5O2S/c1-9-14(10-4-6-18-7-5-10)21-22-15(9)20-13(23)8-19-16(24)11-2-3-12(17)25-11/h2-7,9,14-15,21-22H,8H2,1H3,(H,19,24)(H,20,23). The van der Waals surface area contributed by atoms with Crippen LogP contribution < -0.4 is 21.5 Å². The third-order valence-corrected chi connectivity index (χ3v) is 5.66. The molecule has 2 aromatic heterocycles. The SMILES string of the molecule is CC1C(NC(=O)CNC(=O)c2ccc(Br)s2)NNC1c1ccncc1. The van der Waals surface area contributed by atoms with Gasteiger partial charge in [-0.3, -0.25) is 14.6 Å². The van der Waals surface area contributed by atoms with E-state index in [0.717, 1.165) is 9.35 Å². The zero-order chi connectivity index (χ0) is 17.8. The molecule has 132 valence electrons. The summed E-state index contributed by atoms with van der Waals surface area (Å²) in [6, 6.07) is 7.48. The number of rotatable bonds is 5. The zero-order valence-corrected chi connectivity index (χ0v) is 15.9. The summed E-state index contributed by atoms with van der Waals surface area (Å²) in [4.78, 5) is 28.7. The number of hydrogen-bond acceptors (Lipinski definition) is 6. The highest BCUT2D eigenvalue weighted by atomic mass is 79.9. The van der Waals surface area contributed by atoms with Crippen LogP contribution in [0, 0.1) is 5.92 Å². The van der Waals surface area contributed by atoms with Crippen molar-refractivity contribution >= 4 is 39.1 Å². The first-order valence-corrected chi connectivity index (χ1v) is 9.39. The summed E-state index contributed by atoms with van der Waals surface area (Å²) >= 11 is 4.63. The van der Waals surface area contributed by atoms with E-state index in [-0.39, 0.29) is 36.5 Å². The molecule has 2 amide bonds. The average Bonchev–Trinajstić information content (AvgIpc) is 3.20. The summed E-state index contributed by atoms with van der Waals surface area (Å²) < 4.78 is 0.874. The number of thiophene rings is 1. The molecule has 25 heavy (non-hydrogen) atoms. The van der Waals surface area contributed by atoms with Crippen molar-refractivity contribution < 1.29 is 9.59 Å². The van der Waals surface area contributed by atoms with Gasteiger partial charge in [-0.1, -0.05) is 6.92 Å². The third-order valence-electron chi connectivity index (χ3n) is 4.03. The molecule has 4 N–H and O–H groups in total. The van der Waals surface area contributed by atoms with Crippen LogP contribution in [0.5, 0.6) is 0 Å². The summed E-state index contributed by atoms with van der Waals surface area (Å²) in [5.41, 5.74) is 7.38. The number of nitrogens with one attached hydrogen (secondary N) is 4. The van der Waals surface area contributed by atoms with Crippen LogP contribution in [-0.4, -0.2) is 29.5 Å². The first-order valence-electron chi connectivity index (χ1n) is 7.78. The van der Waals surface area contributed by atoms with Crippen LogP contribution in [0.4, 0.5) is 0 Å². The van der Waals surface area contributed by atoms with E-state index in [4.69, 9.17) is 0 Å². The van der Waals surface area contributed by atoms with Gasteiger partial charge >= 0.3 is 0 Å². The number of carbonyl (C=O) groups is 2. The van der Waals surface area contributed by atoms with Crippen LogP contribution >= 0.6 is 27.3 Å². The lowest BCUT2D eigenvalue weighted by Crippen LogP contribution is -2.49. The van der Waals surface area contributed by atoms with Gasteiger partial charge in [0.05, 0.1) is 27.4 Å². The Morgan fingerprint density at radius 3 is 2.68 bits per heavy atom. The fourth-order valence-corrected chi connectivity index (χ4v) is 3.97. The van der Waals surface area contributed by atoms with Crippen molar-refractivity contribution in [2.45, 2.75) is 19.1 Å². The van der Waals surface area contributed by atoms with Crippen LogP contribution in [0.25, 0.3) is 0 Å². The van der Waals surface area contributed by atoms with Crippen LogP contribution in [0.2, 0.25) is 0 Å². The minimum atomic E-state index is -0.258. The molecule has 0 spiro atoms. The Kier molecular flexibility index (Phi) is 5.79. The van der Waals surface area contributed by atoms with Gasteiger partial charge in [-0.25, -0.2) is 10.9 Å². The highest BCUT2D eigenvalue weighted by Gasteiger charge is 2.34. The largest absolute Gasteiger partial charge is 0.342 e.